The van der Waals surface area contributed by atoms with Crippen LogP contribution in [0.3, 0.4) is 0 Å². The zero-order chi connectivity index (χ0) is 52.8. The molecule has 0 atom stereocenters. The summed E-state index contributed by atoms with van der Waals surface area (Å²) < 4.78 is 2.40. The lowest BCUT2D eigenvalue weighted by Crippen LogP contribution is -2.16. The molecule has 11 aromatic carbocycles. The molecule has 0 radical (unpaired) electrons. The molecule has 0 saturated heterocycles. The Labute approximate surface area is 454 Å². The lowest BCUT2D eigenvalue weighted by Gasteiger charge is -2.31. The van der Waals surface area contributed by atoms with E-state index in [-0.39, 0.29) is 16.2 Å². The zero-order valence-corrected chi connectivity index (χ0v) is 45.5. The summed E-state index contributed by atoms with van der Waals surface area (Å²) in [6, 6.07) is 90.8. The largest absolute Gasteiger partial charge is 0.309 e. The SMILES string of the molecule is CC(C)(C)c1cc(-c2cccc3cccc(-c4ccccc4N(c4ccc(-c5ccc6c7ccccc7n(-c7ccccc7)c6c5)cc4)c4ccccc4-c4ccc5c(c4)C(C)(C)c4ccccc4-5)c23)cc(C(C)(C)C)c1. The van der Waals surface area contributed by atoms with E-state index in [2.05, 4.69) is 308 Å². The van der Waals surface area contributed by atoms with Gasteiger partial charge in [0.05, 0.1) is 22.4 Å². The second-order valence-corrected chi connectivity index (χ2v) is 23.8. The molecule has 374 valence electrons. The molecule has 1 aliphatic carbocycles. The molecule has 0 saturated carbocycles. The molecular formula is C75H64N2. The van der Waals surface area contributed by atoms with Crippen molar-refractivity contribution in [3.63, 3.8) is 0 Å². The van der Waals surface area contributed by atoms with Crippen molar-refractivity contribution in [3.8, 4) is 61.3 Å². The number of para-hydroxylation sites is 4. The van der Waals surface area contributed by atoms with Crippen LogP contribution in [0.1, 0.15) is 77.6 Å². The van der Waals surface area contributed by atoms with Crippen molar-refractivity contribution in [2.75, 3.05) is 4.90 Å². The maximum absolute atomic E-state index is 2.51. The van der Waals surface area contributed by atoms with Gasteiger partial charge >= 0.3 is 0 Å². The quantitative estimate of drug-likeness (QED) is 0.147. The third-order valence-electron chi connectivity index (χ3n) is 16.5. The predicted molar refractivity (Wildman–Crippen MR) is 330 cm³/mol. The molecule has 77 heavy (non-hydrogen) atoms. The van der Waals surface area contributed by atoms with Crippen LogP contribution in [0.5, 0.6) is 0 Å². The summed E-state index contributed by atoms with van der Waals surface area (Å²) >= 11 is 0. The van der Waals surface area contributed by atoms with Gasteiger partial charge in [-0.15, -0.1) is 0 Å². The normalized spacial score (nSPS) is 13.0. The highest BCUT2D eigenvalue weighted by molar-refractivity contribution is 6.11. The van der Waals surface area contributed by atoms with Gasteiger partial charge in [-0.1, -0.05) is 243 Å². The Bertz CT molecular complexity index is 4210. The molecule has 2 heteroatoms. The highest BCUT2D eigenvalue weighted by atomic mass is 15.1. The first kappa shape index (κ1) is 48.0. The summed E-state index contributed by atoms with van der Waals surface area (Å²) in [6.07, 6.45) is 0. The van der Waals surface area contributed by atoms with E-state index in [4.69, 9.17) is 0 Å². The van der Waals surface area contributed by atoms with Crippen LogP contribution >= 0.6 is 0 Å². The summed E-state index contributed by atoms with van der Waals surface area (Å²) in [7, 11) is 0. The van der Waals surface area contributed by atoms with Gasteiger partial charge in [-0.25, -0.2) is 0 Å². The van der Waals surface area contributed by atoms with Gasteiger partial charge in [-0.2, -0.15) is 0 Å². The van der Waals surface area contributed by atoms with E-state index in [1.54, 1.807) is 0 Å². The molecular weight excluding hydrogens is 929 g/mol. The molecule has 1 aromatic heterocycles. The van der Waals surface area contributed by atoms with E-state index >= 15 is 0 Å². The molecule has 0 N–H and O–H groups in total. The summed E-state index contributed by atoms with van der Waals surface area (Å²) in [6.45, 7) is 18.7. The summed E-state index contributed by atoms with van der Waals surface area (Å²) in [5.74, 6) is 0. The summed E-state index contributed by atoms with van der Waals surface area (Å²) in [5, 5.41) is 4.97. The zero-order valence-electron chi connectivity index (χ0n) is 45.5. The van der Waals surface area contributed by atoms with Crippen molar-refractivity contribution in [2.45, 2.75) is 71.6 Å². The number of rotatable bonds is 8. The lowest BCUT2D eigenvalue weighted by atomic mass is 9.78. The Balaban J connectivity index is 1.01. The number of hydrogen-bond acceptors (Lipinski definition) is 1. The minimum absolute atomic E-state index is 0.0209. The predicted octanol–water partition coefficient (Wildman–Crippen LogP) is 21.0. The summed E-state index contributed by atoms with van der Waals surface area (Å²) in [5.41, 5.74) is 24.3. The minimum Gasteiger partial charge on any atom is -0.309 e. The van der Waals surface area contributed by atoms with Gasteiger partial charge in [0.2, 0.25) is 0 Å². The molecule has 1 heterocycles. The van der Waals surface area contributed by atoms with Crippen LogP contribution in [0, 0.1) is 0 Å². The molecule has 0 spiro atoms. The topological polar surface area (TPSA) is 8.17 Å². The number of fused-ring (bicyclic) bond motifs is 7. The molecule has 1 aliphatic rings. The Morgan fingerprint density at radius 1 is 0.351 bits per heavy atom. The van der Waals surface area contributed by atoms with E-state index in [1.165, 1.54) is 99.3 Å². The van der Waals surface area contributed by atoms with Crippen molar-refractivity contribution in [1.82, 2.24) is 4.57 Å². The fourth-order valence-corrected chi connectivity index (χ4v) is 12.4. The second-order valence-electron chi connectivity index (χ2n) is 23.8. The van der Waals surface area contributed by atoms with Crippen LogP contribution in [-0.4, -0.2) is 4.57 Å². The highest BCUT2D eigenvalue weighted by Gasteiger charge is 2.36. The second kappa shape index (κ2) is 18.2. The smallest absolute Gasteiger partial charge is 0.0547 e. The fourth-order valence-electron chi connectivity index (χ4n) is 12.4. The van der Waals surface area contributed by atoms with Crippen molar-refractivity contribution in [1.29, 1.82) is 0 Å². The van der Waals surface area contributed by atoms with Crippen LogP contribution in [-0.2, 0) is 16.2 Å². The van der Waals surface area contributed by atoms with E-state index in [0.717, 1.165) is 33.9 Å². The third-order valence-corrected chi connectivity index (χ3v) is 16.5. The molecule has 0 aliphatic heterocycles. The van der Waals surface area contributed by atoms with Gasteiger partial charge in [-0.3, -0.25) is 0 Å². The van der Waals surface area contributed by atoms with Crippen LogP contribution in [0.2, 0.25) is 0 Å². The van der Waals surface area contributed by atoms with Gasteiger partial charge in [-0.05, 0) is 143 Å². The number of benzene rings is 11. The Hall–Kier alpha value is -8.72. The van der Waals surface area contributed by atoms with Gasteiger partial charge < -0.3 is 9.47 Å². The Morgan fingerprint density at radius 3 is 1.61 bits per heavy atom. The van der Waals surface area contributed by atoms with Crippen molar-refractivity contribution in [2.24, 2.45) is 0 Å². The van der Waals surface area contributed by atoms with Crippen LogP contribution in [0.4, 0.5) is 17.1 Å². The average Bonchev–Trinajstić information content (AvgIpc) is 4.03. The number of hydrogen-bond donors (Lipinski definition) is 0. The van der Waals surface area contributed by atoms with Gasteiger partial charge in [0, 0.05) is 38.7 Å². The molecule has 13 rings (SSSR count). The first-order chi connectivity index (χ1) is 37.2. The number of aromatic nitrogens is 1. The first-order valence-electron chi connectivity index (χ1n) is 27.3. The molecule has 12 aromatic rings. The Morgan fingerprint density at radius 2 is 0.896 bits per heavy atom. The monoisotopic (exact) mass is 993 g/mol. The highest BCUT2D eigenvalue weighted by Crippen LogP contribution is 2.52. The van der Waals surface area contributed by atoms with Crippen LogP contribution < -0.4 is 4.90 Å². The minimum atomic E-state index is -0.135. The lowest BCUT2D eigenvalue weighted by molar-refractivity contribution is 0.569. The average molecular weight is 993 g/mol. The molecule has 0 bridgehead atoms. The fraction of sp³-hybridized carbons (Fsp3) is 0.147. The van der Waals surface area contributed by atoms with Crippen LogP contribution in [0.25, 0.3) is 93.9 Å². The molecule has 0 fully saturated rings. The standard InChI is InChI=1S/C75H64N2/c1-73(2,3)54-44-53(45-55(48-54)74(4,5)6)59-30-20-22-50-23-21-31-65(72(50)59)63-29-15-19-35-70(63)76(68-33-17-13-26-58(68)52-39-42-61-60-27-12-16-32-66(60)75(7,8)67(61)46-52)57-40-36-49(37-41-57)51-38-43-64-62-28-14-18-34-69(62)77(71(64)47-51)56-24-10-9-11-25-56/h9-48H,1-8H3. The van der Waals surface area contributed by atoms with E-state index in [9.17, 15) is 0 Å². The number of anilines is 3. The Kier molecular flexibility index (Phi) is 11.4. The number of nitrogens with zero attached hydrogens (tertiary/aromatic N) is 2. The van der Waals surface area contributed by atoms with Gasteiger partial charge in [0.15, 0.2) is 0 Å². The van der Waals surface area contributed by atoms with Crippen molar-refractivity contribution >= 4 is 49.6 Å². The van der Waals surface area contributed by atoms with E-state index in [1.807, 2.05) is 0 Å². The molecule has 2 nitrogen and oxygen atoms in total. The molecule has 0 unspecified atom stereocenters. The van der Waals surface area contributed by atoms with Crippen molar-refractivity contribution < 1.29 is 0 Å². The maximum atomic E-state index is 2.51. The summed E-state index contributed by atoms with van der Waals surface area (Å²) in [4.78, 5) is 2.51. The first-order valence-corrected chi connectivity index (χ1v) is 27.3. The van der Waals surface area contributed by atoms with E-state index < -0.39 is 0 Å². The molecule has 0 amide bonds. The third kappa shape index (κ3) is 8.17. The van der Waals surface area contributed by atoms with Crippen molar-refractivity contribution in [3.05, 3.63) is 265 Å². The maximum Gasteiger partial charge on any atom is 0.0547 e. The van der Waals surface area contributed by atoms with Gasteiger partial charge in [0.1, 0.15) is 0 Å². The van der Waals surface area contributed by atoms with Crippen LogP contribution in [0.15, 0.2) is 243 Å². The van der Waals surface area contributed by atoms with Gasteiger partial charge in [0.25, 0.3) is 0 Å². The van der Waals surface area contributed by atoms with E-state index in [0.29, 0.717) is 0 Å².